The molecule has 2 rings (SSSR count). The molecule has 1 aromatic heterocycles. The van der Waals surface area contributed by atoms with E-state index in [9.17, 15) is 0 Å². The number of aromatic nitrogens is 1. The Kier molecular flexibility index (Phi) is 2.64. The van der Waals surface area contributed by atoms with Gasteiger partial charge in [0.25, 0.3) is 0 Å². The van der Waals surface area contributed by atoms with Crippen LogP contribution in [0.3, 0.4) is 0 Å². The molecule has 14 heavy (non-hydrogen) atoms. The largest absolute Gasteiger partial charge is 0.304 e. The number of hydrogen-bond acceptors (Lipinski definition) is 1. The van der Waals surface area contributed by atoms with E-state index in [1.54, 1.807) is 18.2 Å². The molecule has 0 saturated heterocycles. The molecule has 0 N–H and O–H groups in total. The monoisotopic (exact) mass is 364 g/mol. The second-order valence-electron chi connectivity index (χ2n) is 2.71. The van der Waals surface area contributed by atoms with Crippen molar-refractivity contribution in [1.29, 1.82) is 0 Å². The maximum atomic E-state index is 7.23. The van der Waals surface area contributed by atoms with Crippen LogP contribution in [-0.2, 0) is 20.1 Å². The van der Waals surface area contributed by atoms with Crippen LogP contribution in [0.25, 0.3) is 11.3 Å². The quantitative estimate of drug-likeness (QED) is 0.710. The van der Waals surface area contributed by atoms with Crippen LogP contribution in [0.1, 0.15) is 9.68 Å². The summed E-state index contributed by atoms with van der Waals surface area (Å²) in [6.45, 7) is -2.09. The second kappa shape index (κ2) is 5.04. The number of nitrogens with zero attached hydrogens (tertiary/aromatic N) is 1. The summed E-state index contributed by atoms with van der Waals surface area (Å²) in [5.74, 6) is 0. The predicted molar refractivity (Wildman–Crippen MR) is 53.2 cm³/mol. The Morgan fingerprint density at radius 2 is 2.21 bits per heavy atom. The minimum atomic E-state index is -2.09. The average molecular weight is 363 g/mol. The number of aryl methyl sites for hydroxylation is 1. The summed E-state index contributed by atoms with van der Waals surface area (Å²) < 4.78 is 21.7. The van der Waals surface area contributed by atoms with Crippen molar-refractivity contribution >= 4 is 0 Å². The van der Waals surface area contributed by atoms with Gasteiger partial charge in [-0.15, -0.1) is 35.9 Å². The molecule has 0 aliphatic heterocycles. The van der Waals surface area contributed by atoms with Crippen LogP contribution < -0.4 is 0 Å². The Labute approximate surface area is 102 Å². The van der Waals surface area contributed by atoms with Gasteiger partial charge in [-0.3, -0.25) is 0 Å². The van der Waals surface area contributed by atoms with Gasteiger partial charge in [0.1, 0.15) is 0 Å². The van der Waals surface area contributed by atoms with Gasteiger partial charge < -0.3 is 4.98 Å². The molecule has 0 aliphatic carbocycles. The van der Waals surface area contributed by atoms with Crippen molar-refractivity contribution in [3.05, 3.63) is 54.2 Å². The van der Waals surface area contributed by atoms with Gasteiger partial charge in [0.05, 0.1) is 0 Å². The molecule has 0 unspecified atom stereocenters. The van der Waals surface area contributed by atoms with Crippen LogP contribution in [0.5, 0.6) is 0 Å². The maximum absolute atomic E-state index is 7.23. The molecule has 0 spiro atoms. The topological polar surface area (TPSA) is 12.9 Å². The summed E-state index contributed by atoms with van der Waals surface area (Å²) in [4.78, 5) is 4.12. The summed E-state index contributed by atoms with van der Waals surface area (Å²) in [5, 5.41) is 0. The van der Waals surface area contributed by atoms with Gasteiger partial charge in [-0.1, -0.05) is 12.1 Å². The van der Waals surface area contributed by atoms with Crippen molar-refractivity contribution in [3.63, 3.8) is 0 Å². The van der Waals surface area contributed by atoms with Crippen LogP contribution >= 0.6 is 0 Å². The van der Waals surface area contributed by atoms with Crippen LogP contribution in [0.4, 0.5) is 0 Å². The molecule has 0 bridgehead atoms. The zero-order valence-electron chi connectivity index (χ0n) is 10.3. The second-order valence-corrected chi connectivity index (χ2v) is 2.71. The van der Waals surface area contributed by atoms with Crippen molar-refractivity contribution < 1.29 is 24.2 Å². The van der Waals surface area contributed by atoms with Gasteiger partial charge in [-0.05, 0) is 18.1 Å². The molecule has 0 fully saturated rings. The van der Waals surface area contributed by atoms with E-state index < -0.39 is 6.85 Å². The Morgan fingerprint density at radius 1 is 1.29 bits per heavy atom. The maximum Gasteiger partial charge on any atom is 0.0280 e. The van der Waals surface area contributed by atoms with Crippen LogP contribution in [-0.4, -0.2) is 4.98 Å². The molecule has 1 radical (unpaired) electrons. The summed E-state index contributed by atoms with van der Waals surface area (Å²) >= 11 is 0. The predicted octanol–water partition coefficient (Wildman–Crippen LogP) is 2.85. The van der Waals surface area contributed by atoms with E-state index in [0.29, 0.717) is 0 Å². The fourth-order valence-corrected chi connectivity index (χ4v) is 1.11. The average Bonchev–Trinajstić information content (AvgIpc) is 2.29. The summed E-state index contributed by atoms with van der Waals surface area (Å²) in [7, 11) is 0. The normalized spacial score (nSPS) is 13.3. The molecule has 2 aromatic rings. The Bertz CT molecular complexity index is 465. The Balaban J connectivity index is 0.00000144. The zero-order valence-corrected chi connectivity index (χ0v) is 9.72. The summed E-state index contributed by atoms with van der Waals surface area (Å²) in [6, 6.07) is 13.8. The smallest absolute Gasteiger partial charge is 0.0280 e. The molecule has 0 amide bonds. The molecule has 2 heteroatoms. The minimum absolute atomic E-state index is 0. The van der Waals surface area contributed by atoms with E-state index in [0.717, 1.165) is 11.3 Å². The third-order valence-electron chi connectivity index (χ3n) is 1.75. The van der Waals surface area contributed by atoms with E-state index >= 15 is 0 Å². The summed E-state index contributed by atoms with van der Waals surface area (Å²) in [6.07, 6.45) is 1.39. The first-order chi connectivity index (χ1) is 7.57. The van der Waals surface area contributed by atoms with Gasteiger partial charge in [0.2, 0.25) is 0 Å². The third kappa shape index (κ3) is 2.50. The van der Waals surface area contributed by atoms with Crippen molar-refractivity contribution in [3.8, 4) is 11.3 Å². The van der Waals surface area contributed by atoms with E-state index in [2.05, 4.69) is 11.1 Å². The standard InChI is InChI=1S/C12H10N.Ir/c1-10-7-8-12(13-9-10)11-5-3-2-4-6-11;/h2-5,7-9H,1H3;/q-1;/i1D3;. The van der Waals surface area contributed by atoms with E-state index in [1.165, 1.54) is 6.20 Å². The minimum Gasteiger partial charge on any atom is -0.304 e. The van der Waals surface area contributed by atoms with Crippen LogP contribution in [0.2, 0.25) is 0 Å². The van der Waals surface area contributed by atoms with E-state index in [-0.39, 0.29) is 25.7 Å². The van der Waals surface area contributed by atoms with Crippen LogP contribution in [0, 0.1) is 12.9 Å². The number of benzene rings is 1. The number of hydrogen-bond donors (Lipinski definition) is 0. The molecule has 73 valence electrons. The first-order valence-corrected chi connectivity index (χ1v) is 4.01. The van der Waals surface area contributed by atoms with Gasteiger partial charge >= 0.3 is 0 Å². The van der Waals surface area contributed by atoms with Crippen molar-refractivity contribution in [2.24, 2.45) is 0 Å². The third-order valence-corrected chi connectivity index (χ3v) is 1.75. The van der Waals surface area contributed by atoms with E-state index in [4.69, 9.17) is 4.11 Å². The first kappa shape index (κ1) is 7.33. The van der Waals surface area contributed by atoms with Crippen molar-refractivity contribution in [1.82, 2.24) is 4.98 Å². The van der Waals surface area contributed by atoms with Gasteiger partial charge in [0, 0.05) is 30.4 Å². The molecule has 0 atom stereocenters. The molecule has 1 heterocycles. The first-order valence-electron chi connectivity index (χ1n) is 5.51. The van der Waals surface area contributed by atoms with Gasteiger partial charge in [0.15, 0.2) is 0 Å². The fraction of sp³-hybridized carbons (Fsp3) is 0.0833. The number of rotatable bonds is 1. The SMILES string of the molecule is [2H]C([2H])([2H])c1ccc(-c2[c-]cccc2)nc1.[Ir]. The molecular weight excluding hydrogens is 350 g/mol. The molecule has 0 aliphatic rings. The van der Waals surface area contributed by atoms with E-state index in [1.807, 2.05) is 18.2 Å². The molecule has 1 nitrogen and oxygen atoms in total. The zero-order chi connectivity index (χ0) is 11.6. The Morgan fingerprint density at radius 3 is 2.79 bits per heavy atom. The number of pyridine rings is 1. The van der Waals surface area contributed by atoms with Crippen molar-refractivity contribution in [2.45, 2.75) is 6.85 Å². The van der Waals surface area contributed by atoms with Gasteiger partial charge in [-0.2, -0.15) is 0 Å². The van der Waals surface area contributed by atoms with Gasteiger partial charge in [-0.25, -0.2) is 0 Å². The molecule has 0 saturated carbocycles. The Hall–Kier alpha value is -0.981. The molecule has 1 aromatic carbocycles. The molecular formula is C12H10IrN-. The van der Waals surface area contributed by atoms with Crippen LogP contribution in [0.15, 0.2) is 42.6 Å². The van der Waals surface area contributed by atoms with Crippen molar-refractivity contribution in [2.75, 3.05) is 0 Å². The summed E-state index contributed by atoms with van der Waals surface area (Å²) in [5.41, 5.74) is 1.85. The fourth-order valence-electron chi connectivity index (χ4n) is 1.11.